The molecule has 1 N–H and O–H groups in total. The summed E-state index contributed by atoms with van der Waals surface area (Å²) in [6.07, 6.45) is 1.52. The Morgan fingerprint density at radius 3 is 2.41 bits per heavy atom. The number of hydrogen-bond acceptors (Lipinski definition) is 5. The maximum Gasteiger partial charge on any atom is 0.264 e. The molecule has 0 spiro atoms. The van der Waals surface area contributed by atoms with E-state index in [1.165, 1.54) is 22.7 Å². The van der Waals surface area contributed by atoms with Crippen molar-refractivity contribution in [2.45, 2.75) is 50.8 Å². The Morgan fingerprint density at radius 2 is 1.65 bits per heavy atom. The van der Waals surface area contributed by atoms with Crippen LogP contribution in [0.2, 0.25) is 0 Å². The lowest BCUT2D eigenvalue weighted by Gasteiger charge is -2.35. The normalized spacial score (nSPS) is 17.8. The SMILES string of the molecule is Cc1ccc(S(=O)(=O)N2C[C@H](C(=O)NCc3cccc(CN4CCCC4)c3)Oc3cc(C)ccc32)cc1. The maximum atomic E-state index is 13.6. The Kier molecular flexibility index (Phi) is 7.22. The number of likely N-dealkylation sites (tertiary alicyclic amines) is 1. The van der Waals surface area contributed by atoms with E-state index in [-0.39, 0.29) is 17.3 Å². The lowest BCUT2D eigenvalue weighted by atomic mass is 10.1. The summed E-state index contributed by atoms with van der Waals surface area (Å²) in [6.45, 7) is 7.22. The van der Waals surface area contributed by atoms with Crippen LogP contribution in [0.15, 0.2) is 71.6 Å². The van der Waals surface area contributed by atoms with E-state index in [1.807, 2.05) is 32.0 Å². The predicted molar refractivity (Wildman–Crippen MR) is 144 cm³/mol. The van der Waals surface area contributed by atoms with Crippen LogP contribution in [0.1, 0.15) is 35.1 Å². The van der Waals surface area contributed by atoms with Gasteiger partial charge in [0.15, 0.2) is 6.10 Å². The fraction of sp³-hybridized carbons (Fsp3) is 0.345. The van der Waals surface area contributed by atoms with Crippen molar-refractivity contribution in [1.29, 1.82) is 0 Å². The van der Waals surface area contributed by atoms with Gasteiger partial charge in [0.1, 0.15) is 5.75 Å². The summed E-state index contributed by atoms with van der Waals surface area (Å²) in [5.41, 5.74) is 4.55. The summed E-state index contributed by atoms with van der Waals surface area (Å²) >= 11 is 0. The lowest BCUT2D eigenvalue weighted by molar-refractivity contribution is -0.127. The fourth-order valence-corrected chi connectivity index (χ4v) is 6.38. The second kappa shape index (κ2) is 10.6. The van der Waals surface area contributed by atoms with Crippen LogP contribution < -0.4 is 14.4 Å². The molecule has 0 bridgehead atoms. The molecule has 7 nitrogen and oxygen atoms in total. The summed E-state index contributed by atoms with van der Waals surface area (Å²) in [7, 11) is -3.89. The molecule has 1 fully saturated rings. The molecular formula is C29H33N3O4S. The minimum atomic E-state index is -3.89. The van der Waals surface area contributed by atoms with E-state index in [1.54, 1.807) is 36.4 Å². The molecule has 2 heterocycles. The van der Waals surface area contributed by atoms with Gasteiger partial charge in [0.25, 0.3) is 15.9 Å². The van der Waals surface area contributed by atoms with Crippen LogP contribution in [0, 0.1) is 13.8 Å². The van der Waals surface area contributed by atoms with Gasteiger partial charge >= 0.3 is 0 Å². The third kappa shape index (κ3) is 5.65. The number of rotatable bonds is 7. The molecule has 5 rings (SSSR count). The Bertz CT molecular complexity index is 1380. The molecule has 0 radical (unpaired) electrons. The van der Waals surface area contributed by atoms with E-state index >= 15 is 0 Å². The quantitative estimate of drug-likeness (QED) is 0.507. The Morgan fingerprint density at radius 1 is 0.946 bits per heavy atom. The van der Waals surface area contributed by atoms with Crippen molar-refractivity contribution in [3.63, 3.8) is 0 Å². The van der Waals surface area contributed by atoms with Gasteiger partial charge in [-0.25, -0.2) is 8.42 Å². The number of sulfonamides is 1. The number of fused-ring (bicyclic) bond motifs is 1. The number of anilines is 1. The zero-order valence-electron chi connectivity index (χ0n) is 21.3. The molecule has 8 heteroatoms. The highest BCUT2D eigenvalue weighted by atomic mass is 32.2. The lowest BCUT2D eigenvalue weighted by Crippen LogP contribution is -2.50. The highest BCUT2D eigenvalue weighted by Crippen LogP contribution is 2.37. The number of aryl methyl sites for hydroxylation is 2. The smallest absolute Gasteiger partial charge is 0.264 e. The summed E-state index contributed by atoms with van der Waals surface area (Å²) in [4.78, 5) is 15.8. The molecule has 0 saturated carbocycles. The molecule has 0 aliphatic carbocycles. The first-order chi connectivity index (χ1) is 17.8. The van der Waals surface area contributed by atoms with Crippen molar-refractivity contribution in [2.75, 3.05) is 23.9 Å². The average Bonchev–Trinajstić information content (AvgIpc) is 3.40. The number of hydrogen-bond donors (Lipinski definition) is 1. The van der Waals surface area contributed by atoms with E-state index in [0.717, 1.165) is 36.3 Å². The Labute approximate surface area is 219 Å². The first-order valence-electron chi connectivity index (χ1n) is 12.7. The van der Waals surface area contributed by atoms with Crippen LogP contribution >= 0.6 is 0 Å². The first kappa shape index (κ1) is 25.3. The molecule has 1 saturated heterocycles. The van der Waals surface area contributed by atoms with Crippen LogP contribution in [0.4, 0.5) is 5.69 Å². The summed E-state index contributed by atoms with van der Waals surface area (Å²) in [5, 5.41) is 2.96. The van der Waals surface area contributed by atoms with Gasteiger partial charge < -0.3 is 10.1 Å². The average molecular weight is 520 g/mol. The summed E-state index contributed by atoms with van der Waals surface area (Å²) in [5.74, 6) is 0.0379. The molecule has 194 valence electrons. The van der Waals surface area contributed by atoms with Crippen LogP contribution in [0.25, 0.3) is 0 Å². The van der Waals surface area contributed by atoms with Gasteiger partial charge in [0.2, 0.25) is 0 Å². The van der Waals surface area contributed by atoms with Crippen LogP contribution in [0.3, 0.4) is 0 Å². The Balaban J connectivity index is 1.33. The highest BCUT2D eigenvalue weighted by molar-refractivity contribution is 7.92. The molecule has 2 aliphatic rings. The molecule has 0 unspecified atom stereocenters. The van der Waals surface area contributed by atoms with Crippen LogP contribution in [-0.2, 0) is 27.9 Å². The standard InChI is InChI=1S/C29H33N3O4S/c1-21-8-11-25(12-9-21)37(34,35)32-20-28(36-27-16-22(2)10-13-26(27)32)29(33)30-18-23-6-5-7-24(17-23)19-31-14-3-4-15-31/h5-13,16-17,28H,3-4,14-15,18-20H2,1-2H3,(H,30,33)/t28-/m1/s1. The third-order valence-electron chi connectivity index (χ3n) is 6.95. The second-order valence-corrected chi connectivity index (χ2v) is 11.8. The number of benzene rings is 3. The summed E-state index contributed by atoms with van der Waals surface area (Å²) < 4.78 is 34.5. The minimum Gasteiger partial charge on any atom is -0.476 e. The van der Waals surface area contributed by atoms with Gasteiger partial charge in [0.05, 0.1) is 17.1 Å². The number of nitrogens with one attached hydrogen (secondary N) is 1. The number of nitrogens with zero attached hydrogens (tertiary/aromatic N) is 2. The monoisotopic (exact) mass is 519 g/mol. The van der Waals surface area contributed by atoms with E-state index in [4.69, 9.17) is 4.74 Å². The maximum absolute atomic E-state index is 13.6. The third-order valence-corrected chi connectivity index (χ3v) is 8.74. The van der Waals surface area contributed by atoms with E-state index in [2.05, 4.69) is 22.3 Å². The highest BCUT2D eigenvalue weighted by Gasteiger charge is 2.37. The number of ether oxygens (including phenoxy) is 1. The van der Waals surface area contributed by atoms with Gasteiger partial charge in [-0.2, -0.15) is 0 Å². The zero-order valence-corrected chi connectivity index (χ0v) is 22.1. The van der Waals surface area contributed by atoms with Crippen LogP contribution in [-0.4, -0.2) is 45.0 Å². The molecule has 1 atom stereocenters. The molecule has 2 aliphatic heterocycles. The molecular weight excluding hydrogens is 486 g/mol. The van der Waals surface area contributed by atoms with Gasteiger partial charge in [-0.15, -0.1) is 0 Å². The molecule has 0 aromatic heterocycles. The molecule has 1 amide bonds. The van der Waals surface area contributed by atoms with Gasteiger partial charge in [0, 0.05) is 13.1 Å². The Hall–Kier alpha value is -3.36. The van der Waals surface area contributed by atoms with E-state index < -0.39 is 16.1 Å². The largest absolute Gasteiger partial charge is 0.476 e. The van der Waals surface area contributed by atoms with Crippen LogP contribution in [0.5, 0.6) is 5.75 Å². The fourth-order valence-electron chi connectivity index (χ4n) is 4.90. The molecule has 3 aromatic rings. The number of carbonyl (C=O) groups excluding carboxylic acids is 1. The van der Waals surface area contributed by atoms with Crippen molar-refractivity contribution < 1.29 is 17.9 Å². The predicted octanol–water partition coefficient (Wildman–Crippen LogP) is 4.17. The zero-order chi connectivity index (χ0) is 26.0. The number of amides is 1. The van der Waals surface area contributed by atoms with Gasteiger partial charge in [-0.3, -0.25) is 14.0 Å². The first-order valence-corrected chi connectivity index (χ1v) is 14.2. The number of carbonyl (C=O) groups is 1. The van der Waals surface area contributed by atoms with Crippen molar-refractivity contribution in [1.82, 2.24) is 10.2 Å². The summed E-state index contributed by atoms with van der Waals surface area (Å²) in [6, 6.07) is 20.3. The second-order valence-electron chi connectivity index (χ2n) is 9.95. The van der Waals surface area contributed by atoms with Crippen molar-refractivity contribution in [3.8, 4) is 5.75 Å². The van der Waals surface area contributed by atoms with E-state index in [0.29, 0.717) is 18.0 Å². The minimum absolute atomic E-state index is 0.104. The van der Waals surface area contributed by atoms with Crippen molar-refractivity contribution in [3.05, 3.63) is 89.0 Å². The van der Waals surface area contributed by atoms with Gasteiger partial charge in [-0.05, 0) is 80.7 Å². The van der Waals surface area contributed by atoms with Crippen molar-refractivity contribution >= 4 is 21.6 Å². The molecule has 3 aromatic carbocycles. The van der Waals surface area contributed by atoms with Gasteiger partial charge in [-0.1, -0.05) is 48.0 Å². The van der Waals surface area contributed by atoms with Crippen molar-refractivity contribution in [2.24, 2.45) is 0 Å². The topological polar surface area (TPSA) is 79.0 Å². The molecule has 37 heavy (non-hydrogen) atoms. The van der Waals surface area contributed by atoms with E-state index in [9.17, 15) is 13.2 Å².